The molecule has 0 unspecified atom stereocenters. The highest BCUT2D eigenvalue weighted by Crippen LogP contribution is 2.23. The standard InChI is InChI=1S/C18H21ClN4O6S2/c1-11-9-23(10-12(2)29-11)31(27,28)14-6-4-13(5-7-14)21-17(24)16-15(19)8-20-18(22-16)30(3,25)26/h4-8,11-12H,9-10H2,1-3H3,(H,21,24)/t11-,12-/m1/s1. The zero-order valence-corrected chi connectivity index (χ0v) is 19.3. The molecule has 0 aliphatic carbocycles. The lowest BCUT2D eigenvalue weighted by molar-refractivity contribution is -0.0440. The van der Waals surface area contributed by atoms with Gasteiger partial charge in [0.15, 0.2) is 5.69 Å². The molecule has 0 spiro atoms. The number of sulfone groups is 1. The number of nitrogens with zero attached hydrogens (tertiary/aromatic N) is 3. The van der Waals surface area contributed by atoms with Gasteiger partial charge < -0.3 is 10.1 Å². The van der Waals surface area contributed by atoms with Gasteiger partial charge in [0.05, 0.1) is 28.3 Å². The van der Waals surface area contributed by atoms with E-state index in [9.17, 15) is 21.6 Å². The van der Waals surface area contributed by atoms with Crippen LogP contribution in [0.15, 0.2) is 40.5 Å². The molecule has 31 heavy (non-hydrogen) atoms. The van der Waals surface area contributed by atoms with Crippen LogP contribution in [0.5, 0.6) is 0 Å². The van der Waals surface area contributed by atoms with Gasteiger partial charge in [0.25, 0.3) is 5.91 Å². The zero-order valence-electron chi connectivity index (χ0n) is 16.9. The van der Waals surface area contributed by atoms with Crippen LogP contribution >= 0.6 is 11.6 Å². The van der Waals surface area contributed by atoms with E-state index in [-0.39, 0.29) is 46.6 Å². The summed E-state index contributed by atoms with van der Waals surface area (Å²) in [4.78, 5) is 19.9. The van der Waals surface area contributed by atoms with Crippen LogP contribution in [0, 0.1) is 0 Å². The quantitative estimate of drug-likeness (QED) is 0.626. The Morgan fingerprint density at radius 3 is 2.26 bits per heavy atom. The van der Waals surface area contributed by atoms with E-state index in [1.54, 1.807) is 0 Å². The van der Waals surface area contributed by atoms with E-state index in [2.05, 4.69) is 15.3 Å². The molecule has 1 aromatic carbocycles. The van der Waals surface area contributed by atoms with Gasteiger partial charge in [-0.2, -0.15) is 4.31 Å². The van der Waals surface area contributed by atoms with Gasteiger partial charge in [-0.1, -0.05) is 11.6 Å². The topological polar surface area (TPSA) is 136 Å². The Morgan fingerprint density at radius 2 is 1.71 bits per heavy atom. The van der Waals surface area contributed by atoms with E-state index in [0.717, 1.165) is 12.5 Å². The van der Waals surface area contributed by atoms with Gasteiger partial charge in [0.2, 0.25) is 25.0 Å². The predicted octanol–water partition coefficient (Wildman–Crippen LogP) is 1.58. The number of morpholine rings is 1. The number of ether oxygens (including phenoxy) is 1. The molecule has 1 aromatic heterocycles. The van der Waals surface area contributed by atoms with E-state index >= 15 is 0 Å². The molecule has 1 amide bonds. The molecule has 1 aliphatic rings. The number of hydrogen-bond donors (Lipinski definition) is 1. The Labute approximate surface area is 185 Å². The molecule has 168 valence electrons. The highest BCUT2D eigenvalue weighted by molar-refractivity contribution is 7.90. The van der Waals surface area contributed by atoms with E-state index in [1.807, 2.05) is 13.8 Å². The van der Waals surface area contributed by atoms with Crippen LogP contribution < -0.4 is 5.32 Å². The Bertz CT molecular complexity index is 1190. The fourth-order valence-electron chi connectivity index (χ4n) is 3.07. The summed E-state index contributed by atoms with van der Waals surface area (Å²) in [6.07, 6.45) is 1.51. The third-order valence-electron chi connectivity index (χ3n) is 4.40. The highest BCUT2D eigenvalue weighted by Gasteiger charge is 2.32. The van der Waals surface area contributed by atoms with Gasteiger partial charge in [-0.3, -0.25) is 4.79 Å². The maximum atomic E-state index is 12.9. The minimum atomic E-state index is -3.73. The number of halogens is 1. The minimum absolute atomic E-state index is 0.0752. The Balaban J connectivity index is 1.79. The number of amides is 1. The lowest BCUT2D eigenvalue weighted by atomic mass is 10.3. The SMILES string of the molecule is C[C@@H]1CN(S(=O)(=O)c2ccc(NC(=O)c3nc(S(C)(=O)=O)ncc3Cl)cc2)C[C@@H](C)O1. The van der Waals surface area contributed by atoms with Crippen molar-refractivity contribution in [3.63, 3.8) is 0 Å². The summed E-state index contributed by atoms with van der Waals surface area (Å²) in [6.45, 7) is 4.12. The molecule has 2 heterocycles. The first-order chi connectivity index (χ1) is 14.4. The number of nitrogens with one attached hydrogen (secondary N) is 1. The Morgan fingerprint density at radius 1 is 1.13 bits per heavy atom. The Hall–Kier alpha value is -2.12. The van der Waals surface area contributed by atoms with Crippen LogP contribution in [0.4, 0.5) is 5.69 Å². The van der Waals surface area contributed by atoms with Crippen molar-refractivity contribution in [1.29, 1.82) is 0 Å². The van der Waals surface area contributed by atoms with Crippen molar-refractivity contribution in [3.8, 4) is 0 Å². The number of anilines is 1. The van der Waals surface area contributed by atoms with Crippen LogP contribution in [-0.4, -0.2) is 68.6 Å². The van der Waals surface area contributed by atoms with Gasteiger partial charge in [-0.05, 0) is 38.1 Å². The maximum absolute atomic E-state index is 12.9. The van der Waals surface area contributed by atoms with Crippen molar-refractivity contribution in [1.82, 2.24) is 14.3 Å². The summed E-state index contributed by atoms with van der Waals surface area (Å²) in [5.41, 5.74) is -0.0340. The summed E-state index contributed by atoms with van der Waals surface area (Å²) in [5.74, 6) is -0.760. The second kappa shape index (κ2) is 8.79. The van der Waals surface area contributed by atoms with Gasteiger partial charge in [-0.15, -0.1) is 0 Å². The average Bonchev–Trinajstić information content (AvgIpc) is 2.67. The summed E-state index contributed by atoms with van der Waals surface area (Å²) >= 11 is 5.93. The number of sulfonamides is 1. The first-order valence-electron chi connectivity index (χ1n) is 9.17. The third kappa shape index (κ3) is 5.39. The second-order valence-electron chi connectivity index (χ2n) is 7.18. The van der Waals surface area contributed by atoms with Crippen LogP contribution in [0.2, 0.25) is 5.02 Å². The zero-order chi connectivity index (χ0) is 23.0. The number of benzene rings is 1. The molecule has 10 nitrogen and oxygen atoms in total. The largest absolute Gasteiger partial charge is 0.373 e. The van der Waals surface area contributed by atoms with Crippen LogP contribution in [0.3, 0.4) is 0 Å². The smallest absolute Gasteiger partial charge is 0.275 e. The number of hydrogen-bond acceptors (Lipinski definition) is 8. The highest BCUT2D eigenvalue weighted by atomic mass is 35.5. The fraction of sp³-hybridized carbons (Fsp3) is 0.389. The molecule has 0 radical (unpaired) electrons. The Kier molecular flexibility index (Phi) is 6.67. The van der Waals surface area contributed by atoms with Gasteiger partial charge in [0, 0.05) is 25.0 Å². The van der Waals surface area contributed by atoms with Crippen LogP contribution in [-0.2, 0) is 24.6 Å². The molecular formula is C18H21ClN4O6S2. The van der Waals surface area contributed by atoms with Crippen molar-refractivity contribution in [2.45, 2.75) is 36.1 Å². The van der Waals surface area contributed by atoms with E-state index in [4.69, 9.17) is 16.3 Å². The molecule has 2 aromatic rings. The summed E-state index contributed by atoms with van der Waals surface area (Å²) in [7, 11) is -7.45. The van der Waals surface area contributed by atoms with Crippen molar-refractivity contribution in [2.75, 3.05) is 24.7 Å². The third-order valence-corrected chi connectivity index (χ3v) is 7.39. The molecule has 3 rings (SSSR count). The first kappa shape index (κ1) is 23.5. The monoisotopic (exact) mass is 488 g/mol. The number of aromatic nitrogens is 2. The second-order valence-corrected chi connectivity index (χ2v) is 11.4. The molecular weight excluding hydrogens is 468 g/mol. The van der Waals surface area contributed by atoms with Gasteiger partial charge in [0.1, 0.15) is 0 Å². The van der Waals surface area contributed by atoms with Crippen molar-refractivity contribution in [2.24, 2.45) is 0 Å². The molecule has 13 heteroatoms. The summed E-state index contributed by atoms with van der Waals surface area (Å²) in [5, 5.41) is 1.86. The fourth-order valence-corrected chi connectivity index (χ4v) is 5.33. The number of rotatable bonds is 5. The minimum Gasteiger partial charge on any atom is -0.373 e. The van der Waals surface area contributed by atoms with Gasteiger partial charge in [-0.25, -0.2) is 26.8 Å². The molecule has 1 saturated heterocycles. The van der Waals surface area contributed by atoms with Crippen molar-refractivity contribution >= 4 is 43.1 Å². The van der Waals surface area contributed by atoms with Crippen LogP contribution in [0.25, 0.3) is 0 Å². The van der Waals surface area contributed by atoms with Crippen molar-refractivity contribution in [3.05, 3.63) is 41.2 Å². The van der Waals surface area contributed by atoms with Crippen molar-refractivity contribution < 1.29 is 26.4 Å². The molecule has 1 aliphatic heterocycles. The maximum Gasteiger partial charge on any atom is 0.275 e. The molecule has 0 saturated carbocycles. The summed E-state index contributed by atoms with van der Waals surface area (Å²) in [6, 6.07) is 5.59. The van der Waals surface area contributed by atoms with E-state index in [0.29, 0.717) is 0 Å². The van der Waals surface area contributed by atoms with E-state index in [1.165, 1.54) is 28.6 Å². The number of carbonyl (C=O) groups excluding carboxylic acids is 1. The first-order valence-corrected chi connectivity index (χ1v) is 12.9. The molecule has 1 N–H and O–H groups in total. The van der Waals surface area contributed by atoms with E-state index < -0.39 is 30.9 Å². The van der Waals surface area contributed by atoms with Crippen LogP contribution in [0.1, 0.15) is 24.3 Å². The molecule has 0 bridgehead atoms. The average molecular weight is 489 g/mol. The normalized spacial score (nSPS) is 20.4. The molecule has 2 atom stereocenters. The number of carbonyl (C=O) groups is 1. The molecule has 1 fully saturated rings. The van der Waals surface area contributed by atoms with Gasteiger partial charge >= 0.3 is 0 Å². The lowest BCUT2D eigenvalue weighted by Gasteiger charge is -2.34. The summed E-state index contributed by atoms with van der Waals surface area (Å²) < 4.78 is 56.0. The lowest BCUT2D eigenvalue weighted by Crippen LogP contribution is -2.48. The predicted molar refractivity (Wildman–Crippen MR) is 113 cm³/mol.